The lowest BCUT2D eigenvalue weighted by molar-refractivity contribution is -0.132. The zero-order chi connectivity index (χ0) is 20.6. The SMILES string of the molecule is Cc1ccc(OCC(=O)NC2CCN(C(=O)CCC3CCCCC3)CC2)c(C)c1. The zero-order valence-corrected chi connectivity index (χ0v) is 18.0. The van der Waals surface area contributed by atoms with Crippen LogP contribution in [0, 0.1) is 19.8 Å². The van der Waals surface area contributed by atoms with Gasteiger partial charge in [-0.05, 0) is 50.7 Å². The lowest BCUT2D eigenvalue weighted by Gasteiger charge is -2.33. The molecule has 1 N–H and O–H groups in total. The lowest BCUT2D eigenvalue weighted by Crippen LogP contribution is -2.47. The Balaban J connectivity index is 1.33. The van der Waals surface area contributed by atoms with Crippen LogP contribution < -0.4 is 10.1 Å². The van der Waals surface area contributed by atoms with Crippen LogP contribution >= 0.6 is 0 Å². The number of piperidine rings is 1. The van der Waals surface area contributed by atoms with E-state index >= 15 is 0 Å². The third-order valence-electron chi connectivity index (χ3n) is 6.39. The summed E-state index contributed by atoms with van der Waals surface area (Å²) in [7, 11) is 0. The maximum Gasteiger partial charge on any atom is 0.258 e. The Morgan fingerprint density at radius 1 is 1.07 bits per heavy atom. The summed E-state index contributed by atoms with van der Waals surface area (Å²) in [4.78, 5) is 26.7. The summed E-state index contributed by atoms with van der Waals surface area (Å²) in [6.07, 6.45) is 10.00. The molecule has 3 rings (SSSR count). The van der Waals surface area contributed by atoms with E-state index in [2.05, 4.69) is 5.32 Å². The second-order valence-corrected chi connectivity index (χ2v) is 8.82. The highest BCUT2D eigenvalue weighted by molar-refractivity contribution is 5.78. The monoisotopic (exact) mass is 400 g/mol. The van der Waals surface area contributed by atoms with Crippen LogP contribution in [0.25, 0.3) is 0 Å². The smallest absolute Gasteiger partial charge is 0.258 e. The van der Waals surface area contributed by atoms with Crippen LogP contribution in [0.15, 0.2) is 18.2 Å². The first-order valence-corrected chi connectivity index (χ1v) is 11.3. The molecule has 1 saturated heterocycles. The summed E-state index contributed by atoms with van der Waals surface area (Å²) >= 11 is 0. The summed E-state index contributed by atoms with van der Waals surface area (Å²) < 4.78 is 5.67. The molecule has 160 valence electrons. The van der Waals surface area contributed by atoms with Gasteiger partial charge in [-0.15, -0.1) is 0 Å². The van der Waals surface area contributed by atoms with Crippen molar-refractivity contribution in [1.29, 1.82) is 0 Å². The number of carbonyl (C=O) groups is 2. The Labute approximate surface area is 175 Å². The summed E-state index contributed by atoms with van der Waals surface area (Å²) in [5.74, 6) is 1.71. The van der Waals surface area contributed by atoms with E-state index in [4.69, 9.17) is 4.74 Å². The molecule has 0 unspecified atom stereocenters. The molecule has 2 aliphatic rings. The highest BCUT2D eigenvalue weighted by Crippen LogP contribution is 2.27. The summed E-state index contributed by atoms with van der Waals surface area (Å²) in [6.45, 7) is 5.54. The first kappa shape index (κ1) is 21.7. The van der Waals surface area contributed by atoms with E-state index in [9.17, 15) is 9.59 Å². The van der Waals surface area contributed by atoms with Crippen molar-refractivity contribution in [1.82, 2.24) is 10.2 Å². The number of likely N-dealkylation sites (tertiary alicyclic amines) is 1. The van der Waals surface area contributed by atoms with Gasteiger partial charge in [-0.1, -0.05) is 49.8 Å². The van der Waals surface area contributed by atoms with Crippen molar-refractivity contribution in [3.8, 4) is 5.75 Å². The van der Waals surface area contributed by atoms with Gasteiger partial charge in [-0.3, -0.25) is 9.59 Å². The van der Waals surface area contributed by atoms with Gasteiger partial charge in [-0.2, -0.15) is 0 Å². The first-order valence-electron chi connectivity index (χ1n) is 11.3. The zero-order valence-electron chi connectivity index (χ0n) is 18.0. The predicted molar refractivity (Wildman–Crippen MR) is 115 cm³/mol. The second kappa shape index (κ2) is 10.7. The topological polar surface area (TPSA) is 58.6 Å². The molecule has 1 saturated carbocycles. The molecule has 29 heavy (non-hydrogen) atoms. The van der Waals surface area contributed by atoms with E-state index in [-0.39, 0.29) is 18.6 Å². The van der Waals surface area contributed by atoms with Crippen LogP contribution in [0.4, 0.5) is 0 Å². The number of aryl methyl sites for hydroxylation is 2. The molecule has 0 bridgehead atoms. The number of hydrogen-bond donors (Lipinski definition) is 1. The summed E-state index contributed by atoms with van der Waals surface area (Å²) in [5, 5.41) is 3.06. The molecule has 5 heteroatoms. The lowest BCUT2D eigenvalue weighted by atomic mass is 9.86. The van der Waals surface area contributed by atoms with Gasteiger partial charge in [0.1, 0.15) is 5.75 Å². The Bertz CT molecular complexity index is 689. The molecule has 0 atom stereocenters. The molecule has 1 aromatic rings. The van der Waals surface area contributed by atoms with E-state index in [0.29, 0.717) is 12.3 Å². The van der Waals surface area contributed by atoms with Crippen LogP contribution in [-0.4, -0.2) is 42.5 Å². The van der Waals surface area contributed by atoms with Crippen molar-refractivity contribution in [3.63, 3.8) is 0 Å². The van der Waals surface area contributed by atoms with E-state index in [1.807, 2.05) is 36.9 Å². The average molecular weight is 401 g/mol. The maximum absolute atomic E-state index is 12.5. The average Bonchev–Trinajstić information content (AvgIpc) is 2.72. The Morgan fingerprint density at radius 2 is 1.79 bits per heavy atom. The fraction of sp³-hybridized carbons (Fsp3) is 0.667. The molecule has 2 fully saturated rings. The molecule has 0 spiro atoms. The van der Waals surface area contributed by atoms with Gasteiger partial charge in [-0.25, -0.2) is 0 Å². The third-order valence-corrected chi connectivity index (χ3v) is 6.39. The van der Waals surface area contributed by atoms with E-state index < -0.39 is 0 Å². The van der Waals surface area contributed by atoms with Crippen molar-refractivity contribution in [2.24, 2.45) is 5.92 Å². The van der Waals surface area contributed by atoms with Crippen molar-refractivity contribution in [2.45, 2.75) is 77.7 Å². The Kier molecular flexibility index (Phi) is 7.96. The van der Waals surface area contributed by atoms with Gasteiger partial charge in [0, 0.05) is 25.6 Å². The normalized spacial score (nSPS) is 18.5. The minimum atomic E-state index is -0.0907. The molecular formula is C24H36N2O3. The number of hydrogen-bond acceptors (Lipinski definition) is 3. The minimum Gasteiger partial charge on any atom is -0.484 e. The molecule has 1 aromatic carbocycles. The number of ether oxygens (including phenoxy) is 1. The highest BCUT2D eigenvalue weighted by atomic mass is 16.5. The molecule has 1 aliphatic heterocycles. The first-order chi connectivity index (χ1) is 14.0. The largest absolute Gasteiger partial charge is 0.484 e. The fourth-order valence-electron chi connectivity index (χ4n) is 4.61. The van der Waals surface area contributed by atoms with Crippen molar-refractivity contribution >= 4 is 11.8 Å². The molecule has 1 aliphatic carbocycles. The molecule has 0 aromatic heterocycles. The van der Waals surface area contributed by atoms with Crippen molar-refractivity contribution in [3.05, 3.63) is 29.3 Å². The van der Waals surface area contributed by atoms with Gasteiger partial charge in [0.2, 0.25) is 5.91 Å². The van der Waals surface area contributed by atoms with Gasteiger partial charge < -0.3 is 15.0 Å². The molecular weight excluding hydrogens is 364 g/mol. The van der Waals surface area contributed by atoms with Crippen molar-refractivity contribution < 1.29 is 14.3 Å². The van der Waals surface area contributed by atoms with Crippen LogP contribution in [0.2, 0.25) is 0 Å². The molecule has 1 heterocycles. The quantitative estimate of drug-likeness (QED) is 0.748. The maximum atomic E-state index is 12.5. The minimum absolute atomic E-state index is 0.0322. The van der Waals surface area contributed by atoms with E-state index in [0.717, 1.165) is 49.6 Å². The predicted octanol–water partition coefficient (Wildman–Crippen LogP) is 4.15. The number of rotatable bonds is 7. The van der Waals surface area contributed by atoms with Crippen LogP contribution in [0.5, 0.6) is 5.75 Å². The van der Waals surface area contributed by atoms with Gasteiger partial charge in [0.15, 0.2) is 6.61 Å². The molecule has 5 nitrogen and oxygen atoms in total. The Hall–Kier alpha value is -2.04. The van der Waals surface area contributed by atoms with E-state index in [1.54, 1.807) is 0 Å². The number of nitrogens with zero attached hydrogens (tertiary/aromatic N) is 1. The van der Waals surface area contributed by atoms with E-state index in [1.165, 1.54) is 37.7 Å². The third kappa shape index (κ3) is 6.76. The number of benzene rings is 1. The van der Waals surface area contributed by atoms with Crippen LogP contribution in [0.3, 0.4) is 0 Å². The summed E-state index contributed by atoms with van der Waals surface area (Å²) in [5.41, 5.74) is 2.22. The highest BCUT2D eigenvalue weighted by Gasteiger charge is 2.24. The standard InChI is InChI=1S/C24H36N2O3/c1-18-8-10-22(19(2)16-18)29-17-23(27)25-21-12-14-26(15-13-21)24(28)11-9-20-6-4-3-5-7-20/h8,10,16,20-21H,3-7,9,11-15,17H2,1-2H3,(H,25,27). The van der Waals surface area contributed by atoms with Crippen LogP contribution in [0.1, 0.15) is 68.9 Å². The number of amides is 2. The molecule has 0 radical (unpaired) electrons. The van der Waals surface area contributed by atoms with Gasteiger partial charge in [0.05, 0.1) is 0 Å². The van der Waals surface area contributed by atoms with Crippen LogP contribution in [-0.2, 0) is 9.59 Å². The van der Waals surface area contributed by atoms with Gasteiger partial charge in [0.25, 0.3) is 5.91 Å². The fourth-order valence-corrected chi connectivity index (χ4v) is 4.61. The number of nitrogens with one attached hydrogen (secondary N) is 1. The van der Waals surface area contributed by atoms with Crippen molar-refractivity contribution in [2.75, 3.05) is 19.7 Å². The number of carbonyl (C=O) groups excluding carboxylic acids is 2. The second-order valence-electron chi connectivity index (χ2n) is 8.82. The molecule has 2 amide bonds. The van der Waals surface area contributed by atoms with Gasteiger partial charge >= 0.3 is 0 Å². The summed E-state index contributed by atoms with van der Waals surface area (Å²) in [6, 6.07) is 6.08. The Morgan fingerprint density at radius 3 is 2.48 bits per heavy atom.